The first kappa shape index (κ1) is 8.30. The highest BCUT2D eigenvalue weighted by Crippen LogP contribution is 2.22. The third-order valence-electron chi connectivity index (χ3n) is 1.77. The van der Waals surface area contributed by atoms with Crippen LogP contribution in [0.5, 0.6) is 0 Å². The molecular weight excluding hydrogens is 188 g/mol. The molecule has 2 aromatic rings. The summed E-state index contributed by atoms with van der Waals surface area (Å²) in [5, 5.41) is 20.0. The van der Waals surface area contributed by atoms with Gasteiger partial charge in [0.2, 0.25) is 0 Å². The predicted octanol–water partition coefficient (Wildman–Crippen LogP) is 0.679. The van der Waals surface area contributed by atoms with Crippen molar-refractivity contribution in [3.05, 3.63) is 27.8 Å². The standard InChI is InChI=1S/C7H4N4O3/c12-3-4-1-5-7(9-10-8-5)6(2-4)11(13)14/h1-3H,(H,8,9,10). The van der Waals surface area contributed by atoms with Gasteiger partial charge in [-0.2, -0.15) is 0 Å². The van der Waals surface area contributed by atoms with Crippen LogP contribution < -0.4 is 0 Å². The van der Waals surface area contributed by atoms with Crippen molar-refractivity contribution in [1.29, 1.82) is 0 Å². The van der Waals surface area contributed by atoms with E-state index in [9.17, 15) is 14.9 Å². The van der Waals surface area contributed by atoms with Crippen molar-refractivity contribution < 1.29 is 9.72 Å². The van der Waals surface area contributed by atoms with Gasteiger partial charge in [-0.05, 0) is 6.07 Å². The molecule has 0 bridgehead atoms. The van der Waals surface area contributed by atoms with Crippen LogP contribution in [0.3, 0.4) is 0 Å². The molecule has 0 unspecified atom stereocenters. The number of H-pyrrole nitrogens is 1. The minimum absolute atomic E-state index is 0.153. The number of carbonyl (C=O) groups excluding carboxylic acids is 1. The van der Waals surface area contributed by atoms with Crippen molar-refractivity contribution >= 4 is 23.0 Å². The third-order valence-corrected chi connectivity index (χ3v) is 1.77. The summed E-state index contributed by atoms with van der Waals surface area (Å²) < 4.78 is 0. The second kappa shape index (κ2) is 2.87. The Morgan fingerprint density at radius 2 is 2.29 bits per heavy atom. The second-order valence-corrected chi connectivity index (χ2v) is 2.62. The molecule has 2 rings (SSSR count). The van der Waals surface area contributed by atoms with Gasteiger partial charge in [0.05, 0.1) is 10.4 Å². The minimum atomic E-state index is -0.599. The van der Waals surface area contributed by atoms with Crippen molar-refractivity contribution in [1.82, 2.24) is 15.4 Å². The van der Waals surface area contributed by atoms with Gasteiger partial charge in [-0.25, -0.2) is 0 Å². The number of aromatic amines is 1. The molecule has 14 heavy (non-hydrogen) atoms. The van der Waals surface area contributed by atoms with Gasteiger partial charge in [0.1, 0.15) is 6.29 Å². The zero-order valence-electron chi connectivity index (χ0n) is 6.80. The number of benzene rings is 1. The number of nitrogens with zero attached hydrogens (tertiary/aromatic N) is 3. The maximum Gasteiger partial charge on any atom is 0.299 e. The van der Waals surface area contributed by atoms with Crippen LogP contribution in [0.4, 0.5) is 5.69 Å². The summed E-state index contributed by atoms with van der Waals surface area (Å²) in [6.45, 7) is 0. The fourth-order valence-corrected chi connectivity index (χ4v) is 1.17. The number of fused-ring (bicyclic) bond motifs is 1. The van der Waals surface area contributed by atoms with Gasteiger partial charge in [-0.3, -0.25) is 20.0 Å². The maximum atomic E-state index is 10.6. The van der Waals surface area contributed by atoms with E-state index in [2.05, 4.69) is 15.4 Å². The predicted molar refractivity (Wildman–Crippen MR) is 45.9 cm³/mol. The lowest BCUT2D eigenvalue weighted by atomic mass is 10.2. The molecule has 0 saturated carbocycles. The highest BCUT2D eigenvalue weighted by Gasteiger charge is 2.16. The fraction of sp³-hybridized carbons (Fsp3) is 0. The number of aldehydes is 1. The Balaban J connectivity index is 2.83. The van der Waals surface area contributed by atoms with Gasteiger partial charge in [-0.1, -0.05) is 5.21 Å². The zero-order chi connectivity index (χ0) is 10.1. The lowest BCUT2D eigenvalue weighted by Gasteiger charge is -1.93. The molecule has 1 aromatic carbocycles. The maximum absolute atomic E-state index is 10.6. The fourth-order valence-electron chi connectivity index (χ4n) is 1.17. The van der Waals surface area contributed by atoms with Crippen molar-refractivity contribution in [3.63, 3.8) is 0 Å². The number of non-ortho nitro benzene ring substituents is 1. The lowest BCUT2D eigenvalue weighted by molar-refractivity contribution is -0.383. The van der Waals surface area contributed by atoms with Crippen LogP contribution in [-0.4, -0.2) is 26.6 Å². The Labute approximate surface area is 76.9 Å². The Morgan fingerprint density at radius 1 is 1.50 bits per heavy atom. The van der Waals surface area contributed by atoms with Gasteiger partial charge in [-0.15, -0.1) is 5.10 Å². The number of carbonyl (C=O) groups is 1. The molecule has 0 radical (unpaired) electrons. The molecule has 1 heterocycles. The minimum Gasteiger partial charge on any atom is -0.298 e. The molecule has 0 saturated heterocycles. The molecule has 0 aliphatic heterocycles. The highest BCUT2D eigenvalue weighted by molar-refractivity contribution is 5.90. The van der Waals surface area contributed by atoms with E-state index in [1.165, 1.54) is 6.07 Å². The summed E-state index contributed by atoms with van der Waals surface area (Å²) in [5.41, 5.74) is 0.524. The van der Waals surface area contributed by atoms with Gasteiger partial charge < -0.3 is 0 Å². The van der Waals surface area contributed by atoms with E-state index < -0.39 is 4.92 Å². The van der Waals surface area contributed by atoms with Crippen molar-refractivity contribution in [2.75, 3.05) is 0 Å². The molecular formula is C7H4N4O3. The van der Waals surface area contributed by atoms with Crippen LogP contribution in [-0.2, 0) is 0 Å². The highest BCUT2D eigenvalue weighted by atomic mass is 16.6. The van der Waals surface area contributed by atoms with E-state index in [1.54, 1.807) is 0 Å². The van der Waals surface area contributed by atoms with E-state index in [1.807, 2.05) is 0 Å². The largest absolute Gasteiger partial charge is 0.299 e. The van der Waals surface area contributed by atoms with Crippen molar-refractivity contribution in [2.24, 2.45) is 0 Å². The zero-order valence-corrected chi connectivity index (χ0v) is 6.80. The van der Waals surface area contributed by atoms with Gasteiger partial charge >= 0.3 is 0 Å². The SMILES string of the molecule is O=Cc1cc([N+](=O)[O-])c2nn[nH]c2c1. The first-order valence-electron chi connectivity index (χ1n) is 3.67. The number of aromatic nitrogens is 3. The van der Waals surface area contributed by atoms with Crippen LogP contribution in [0, 0.1) is 10.1 Å². The summed E-state index contributed by atoms with van der Waals surface area (Å²) in [6.07, 6.45) is 0.535. The summed E-state index contributed by atoms with van der Waals surface area (Å²) in [5.74, 6) is 0. The average molecular weight is 192 g/mol. The monoisotopic (exact) mass is 192 g/mol. The van der Waals surface area contributed by atoms with Gasteiger partial charge in [0, 0.05) is 11.6 Å². The third kappa shape index (κ3) is 1.11. The van der Waals surface area contributed by atoms with E-state index in [0.717, 1.165) is 6.07 Å². The normalized spacial score (nSPS) is 10.3. The Kier molecular flexibility index (Phi) is 1.70. The number of nitrogens with one attached hydrogen (secondary N) is 1. The molecule has 0 spiro atoms. The molecule has 7 nitrogen and oxygen atoms in total. The summed E-state index contributed by atoms with van der Waals surface area (Å²) >= 11 is 0. The quantitative estimate of drug-likeness (QED) is 0.428. The number of nitro benzene ring substituents is 1. The number of hydrogen-bond donors (Lipinski definition) is 1. The Hall–Kier alpha value is -2.31. The van der Waals surface area contributed by atoms with Gasteiger partial charge in [0.15, 0.2) is 5.52 Å². The number of nitro groups is 1. The van der Waals surface area contributed by atoms with Crippen LogP contribution in [0.25, 0.3) is 11.0 Å². The van der Waals surface area contributed by atoms with Crippen LogP contribution in [0.2, 0.25) is 0 Å². The first-order chi connectivity index (χ1) is 6.72. The van der Waals surface area contributed by atoms with E-state index in [0.29, 0.717) is 11.8 Å². The van der Waals surface area contributed by atoms with Crippen LogP contribution >= 0.6 is 0 Å². The number of rotatable bonds is 2. The second-order valence-electron chi connectivity index (χ2n) is 2.62. The Morgan fingerprint density at radius 3 is 2.93 bits per heavy atom. The molecule has 0 fully saturated rings. The molecule has 0 atom stereocenters. The molecule has 0 aliphatic carbocycles. The van der Waals surface area contributed by atoms with E-state index in [-0.39, 0.29) is 16.8 Å². The summed E-state index contributed by atoms with van der Waals surface area (Å²) in [4.78, 5) is 20.5. The summed E-state index contributed by atoms with van der Waals surface area (Å²) in [7, 11) is 0. The molecule has 1 aromatic heterocycles. The van der Waals surface area contributed by atoms with Gasteiger partial charge in [0.25, 0.3) is 5.69 Å². The molecule has 0 aliphatic rings. The molecule has 7 heteroatoms. The topological polar surface area (TPSA) is 102 Å². The van der Waals surface area contributed by atoms with E-state index >= 15 is 0 Å². The Bertz CT molecular complexity index is 519. The molecule has 0 amide bonds. The van der Waals surface area contributed by atoms with Crippen molar-refractivity contribution in [2.45, 2.75) is 0 Å². The van der Waals surface area contributed by atoms with Crippen LogP contribution in [0.1, 0.15) is 10.4 Å². The summed E-state index contributed by atoms with van der Waals surface area (Å²) in [6, 6.07) is 2.62. The molecule has 1 N–H and O–H groups in total. The van der Waals surface area contributed by atoms with E-state index in [4.69, 9.17) is 0 Å². The first-order valence-corrected chi connectivity index (χ1v) is 3.67. The number of hydrogen-bond acceptors (Lipinski definition) is 5. The molecule has 70 valence electrons. The average Bonchev–Trinajstić information content (AvgIpc) is 2.63. The smallest absolute Gasteiger partial charge is 0.298 e. The van der Waals surface area contributed by atoms with Crippen molar-refractivity contribution in [3.8, 4) is 0 Å². The van der Waals surface area contributed by atoms with Crippen LogP contribution in [0.15, 0.2) is 12.1 Å². The lowest BCUT2D eigenvalue weighted by Crippen LogP contribution is -1.91.